The van der Waals surface area contributed by atoms with E-state index in [0.717, 1.165) is 0 Å². The van der Waals surface area contributed by atoms with Crippen molar-refractivity contribution in [3.8, 4) is 0 Å². The Morgan fingerprint density at radius 2 is 1.23 bits per heavy atom. The Morgan fingerprint density at radius 1 is 0.662 bits per heavy atom. The van der Waals surface area contributed by atoms with Gasteiger partial charge in [-0.05, 0) is 39.0 Å². The number of carbonyl (C=O) groups is 2. The normalized spacial score (nSPS) is 45.5. The summed E-state index contributed by atoms with van der Waals surface area (Å²) in [6, 6.07) is -0.704. The third kappa shape index (κ3) is 18.7. The van der Waals surface area contributed by atoms with Gasteiger partial charge in [0.2, 0.25) is 0 Å². The van der Waals surface area contributed by atoms with Gasteiger partial charge in [0, 0.05) is 43.6 Å². The fourth-order valence-electron chi connectivity index (χ4n) is 8.12. The smallest absolute Gasteiger partial charge is 0.311 e. The molecule has 368 valence electrons. The summed E-state index contributed by atoms with van der Waals surface area (Å²) >= 11 is 0. The molecular weight excluding hydrogens is 847 g/mol. The van der Waals surface area contributed by atoms with E-state index in [1.54, 1.807) is 69.4 Å². The molecule has 1 unspecified atom stereocenters. The predicted molar refractivity (Wildman–Crippen MR) is 240 cm³/mol. The lowest BCUT2D eigenvalue weighted by Gasteiger charge is -2.45. The fraction of sp³-hybridized carbons (Fsp3) is 0.667. The number of hydrogen-bond donors (Lipinski definition) is 11. The zero-order valence-electron chi connectivity index (χ0n) is 38.1. The molecule has 3 heterocycles. The number of aliphatic hydroxyl groups is 9. The van der Waals surface area contributed by atoms with Gasteiger partial charge in [0.25, 0.3) is 0 Å². The average molecular weight is 922 g/mol. The molecular formula is C48H75NO16. The number of fused-ring (bicyclic) bond motifs is 2. The van der Waals surface area contributed by atoms with Crippen molar-refractivity contribution in [3.63, 3.8) is 0 Å². The second-order valence-electron chi connectivity index (χ2n) is 17.9. The van der Waals surface area contributed by atoms with Crippen molar-refractivity contribution in [1.82, 2.24) is 0 Å². The van der Waals surface area contributed by atoms with Crippen molar-refractivity contribution in [3.05, 3.63) is 85.1 Å². The molecule has 0 aliphatic carbocycles. The Labute approximate surface area is 382 Å². The number of carboxylic acids is 1. The number of carbonyl (C=O) groups excluding carboxylic acids is 1. The molecule has 0 aromatic carbocycles. The predicted octanol–water partition coefficient (Wildman–Crippen LogP) is 1.99. The van der Waals surface area contributed by atoms with E-state index in [9.17, 15) is 60.7 Å². The number of rotatable bonds is 3. The van der Waals surface area contributed by atoms with Crippen molar-refractivity contribution < 1.29 is 79.6 Å². The highest BCUT2D eigenvalue weighted by atomic mass is 16.7. The van der Waals surface area contributed by atoms with Crippen molar-refractivity contribution in [2.45, 2.75) is 177 Å². The van der Waals surface area contributed by atoms with Crippen LogP contribution in [-0.2, 0) is 28.5 Å². The molecule has 12 N–H and O–H groups in total. The number of aliphatic hydroxyl groups excluding tert-OH is 8. The molecule has 0 amide bonds. The maximum Gasteiger partial charge on any atom is 0.311 e. The van der Waals surface area contributed by atoms with Crippen LogP contribution < -0.4 is 5.73 Å². The third-order valence-electron chi connectivity index (χ3n) is 12.5. The number of cyclic esters (lactones) is 1. The lowest BCUT2D eigenvalue weighted by molar-refractivity contribution is -0.307. The van der Waals surface area contributed by atoms with E-state index in [0.29, 0.717) is 0 Å². The fourth-order valence-corrected chi connectivity index (χ4v) is 8.12. The molecule has 0 aromatic heterocycles. The molecule has 17 nitrogen and oxygen atoms in total. The molecule has 0 aromatic rings. The van der Waals surface area contributed by atoms with Gasteiger partial charge in [-0.3, -0.25) is 9.59 Å². The number of ether oxygens (including phenoxy) is 4. The largest absolute Gasteiger partial charge is 0.481 e. The van der Waals surface area contributed by atoms with Gasteiger partial charge in [0.1, 0.15) is 18.1 Å². The van der Waals surface area contributed by atoms with E-state index >= 15 is 0 Å². The Bertz CT molecular complexity index is 1660. The number of aliphatic carboxylic acids is 1. The number of allylic oxidation sites excluding steroid dienone is 12. The number of esters is 1. The van der Waals surface area contributed by atoms with Crippen LogP contribution in [0.4, 0.5) is 0 Å². The molecule has 2 saturated heterocycles. The molecule has 3 aliphatic rings. The molecule has 19 atom stereocenters. The summed E-state index contributed by atoms with van der Waals surface area (Å²) in [5.41, 5.74) is 6.27. The number of nitrogens with two attached hydrogens (primary N) is 1. The highest BCUT2D eigenvalue weighted by Gasteiger charge is 2.51. The Morgan fingerprint density at radius 3 is 1.82 bits per heavy atom. The van der Waals surface area contributed by atoms with E-state index in [-0.39, 0.29) is 37.5 Å². The summed E-state index contributed by atoms with van der Waals surface area (Å²) in [5.74, 6) is -6.91. The first-order valence-electron chi connectivity index (χ1n) is 22.6. The first kappa shape index (κ1) is 55.9. The van der Waals surface area contributed by atoms with Crippen LogP contribution in [0.15, 0.2) is 85.1 Å². The second-order valence-corrected chi connectivity index (χ2v) is 17.9. The minimum atomic E-state index is -2.29. The van der Waals surface area contributed by atoms with E-state index in [2.05, 4.69) is 0 Å². The molecule has 2 fully saturated rings. The van der Waals surface area contributed by atoms with Crippen LogP contribution in [0.1, 0.15) is 86.0 Å². The summed E-state index contributed by atoms with van der Waals surface area (Å²) < 4.78 is 23.6. The number of hydrogen-bond acceptors (Lipinski definition) is 16. The molecule has 0 radical (unpaired) electrons. The Kier molecular flexibility index (Phi) is 23.6. The van der Waals surface area contributed by atoms with Crippen LogP contribution >= 0.6 is 0 Å². The molecule has 2 bridgehead atoms. The van der Waals surface area contributed by atoms with E-state index in [1.807, 2.05) is 50.3 Å². The SMILES string of the molecule is C[C@@H]1[C@H](O)[C@@H](C)/C=C/C=C/C=C/C=C/C=C/C=C/C=C/[C@H](O[C@@H]2O[C@H](C)[C@@H](C)[C@H](N)[C@@H]2O)CC2O[C@](O)(C[C@@H](O)C[C@@H](O)[C@H](O)CC[C@@H](O)C[C@@H](O)CC(=O)O[C@H]1C)C[C@H](O)[C@H]2C(=O)O. The zero-order chi connectivity index (χ0) is 48.4. The van der Waals surface area contributed by atoms with Gasteiger partial charge in [0.15, 0.2) is 12.1 Å². The molecule has 0 spiro atoms. The monoisotopic (exact) mass is 922 g/mol. The van der Waals surface area contributed by atoms with Gasteiger partial charge in [-0.2, -0.15) is 0 Å². The minimum absolute atomic E-state index is 0.0948. The van der Waals surface area contributed by atoms with Gasteiger partial charge < -0.3 is 75.7 Å². The van der Waals surface area contributed by atoms with Crippen LogP contribution in [-0.4, -0.2) is 154 Å². The van der Waals surface area contributed by atoms with Crippen LogP contribution in [0.2, 0.25) is 0 Å². The molecule has 17 heteroatoms. The maximum absolute atomic E-state index is 12.6. The zero-order valence-corrected chi connectivity index (χ0v) is 38.1. The standard InChI is InChI=1S/C48H75NO16/c1-28-18-16-14-12-10-8-6-7-9-11-13-15-17-19-36(64-47-45(58)43(49)29(2)31(4)63-47)25-40-42(46(59)60)39(55)27-48(61,65-40)26-35(52)23-38(54)37(53)21-20-33(50)22-34(51)24-41(56)62-32(5)30(3)44(28)57/h6-19,28-40,42-45,47,50-55,57-58,61H,20-27,49H2,1-5H3,(H,59,60)/b7-6+,10-8+,11-9+,14-12+,15-13+,18-16+,19-17+/t28-,29+,30-,31+,32-,33+,34+,35-,36-,37+,38+,39-,40?,42+,43-,44+,45-,47-,48+/m0/s1. The molecule has 0 saturated carbocycles. The highest BCUT2D eigenvalue weighted by molar-refractivity contribution is 5.71. The van der Waals surface area contributed by atoms with Gasteiger partial charge in [-0.1, -0.05) is 106 Å². The summed E-state index contributed by atoms with van der Waals surface area (Å²) in [6.07, 6.45) is 6.31. The minimum Gasteiger partial charge on any atom is -0.481 e. The third-order valence-corrected chi connectivity index (χ3v) is 12.5. The van der Waals surface area contributed by atoms with Gasteiger partial charge in [0.05, 0.1) is 67.5 Å². The average Bonchev–Trinajstić information content (AvgIpc) is 3.21. The Balaban J connectivity index is 1.86. The highest BCUT2D eigenvalue weighted by Crippen LogP contribution is 2.38. The van der Waals surface area contributed by atoms with Gasteiger partial charge in [-0.15, -0.1) is 0 Å². The maximum atomic E-state index is 12.6. The van der Waals surface area contributed by atoms with Crippen LogP contribution in [0.3, 0.4) is 0 Å². The summed E-state index contributed by atoms with van der Waals surface area (Å²) in [6.45, 7) is 8.84. The topological polar surface area (TPSA) is 299 Å². The summed E-state index contributed by atoms with van der Waals surface area (Å²) in [4.78, 5) is 25.1. The summed E-state index contributed by atoms with van der Waals surface area (Å²) in [7, 11) is 0. The lowest BCUT2D eigenvalue weighted by Crippen LogP contribution is -2.58. The Hall–Kier alpha value is -3.40. The molecule has 3 aliphatic heterocycles. The van der Waals surface area contributed by atoms with Crippen LogP contribution in [0, 0.1) is 23.7 Å². The lowest BCUT2D eigenvalue weighted by atomic mass is 9.82. The molecule has 3 rings (SSSR count). The van der Waals surface area contributed by atoms with Crippen molar-refractivity contribution >= 4 is 11.9 Å². The number of carboxylic acid groups (broad SMARTS) is 1. The van der Waals surface area contributed by atoms with Crippen LogP contribution in [0.5, 0.6) is 0 Å². The van der Waals surface area contributed by atoms with E-state index in [4.69, 9.17) is 24.7 Å². The second kappa shape index (κ2) is 27.4. The quantitative estimate of drug-likeness (QED) is 0.180. The molecule has 65 heavy (non-hydrogen) atoms. The van der Waals surface area contributed by atoms with Crippen LogP contribution in [0.25, 0.3) is 0 Å². The first-order chi connectivity index (χ1) is 30.6. The van der Waals surface area contributed by atoms with Gasteiger partial charge in [-0.25, -0.2) is 0 Å². The van der Waals surface area contributed by atoms with Crippen molar-refractivity contribution in [1.29, 1.82) is 0 Å². The van der Waals surface area contributed by atoms with Crippen molar-refractivity contribution in [2.24, 2.45) is 29.4 Å². The first-order valence-corrected chi connectivity index (χ1v) is 22.6. The summed E-state index contributed by atoms with van der Waals surface area (Å²) in [5, 5.41) is 108. The van der Waals surface area contributed by atoms with E-state index in [1.165, 1.54) is 0 Å². The van der Waals surface area contributed by atoms with Crippen molar-refractivity contribution in [2.75, 3.05) is 0 Å². The van der Waals surface area contributed by atoms with Gasteiger partial charge >= 0.3 is 11.9 Å². The van der Waals surface area contributed by atoms with E-state index < -0.39 is 141 Å².